The molecule has 1 aliphatic rings. The molecule has 19 heavy (non-hydrogen) atoms. The van der Waals surface area contributed by atoms with E-state index in [0.717, 1.165) is 10.4 Å². The van der Waals surface area contributed by atoms with Gasteiger partial charge in [0.1, 0.15) is 12.0 Å². The lowest BCUT2D eigenvalue weighted by atomic mass is 10.0. The molecule has 1 heterocycles. The van der Waals surface area contributed by atoms with Gasteiger partial charge in [-0.05, 0) is 12.8 Å². The van der Waals surface area contributed by atoms with Crippen molar-refractivity contribution >= 4 is 17.8 Å². The van der Waals surface area contributed by atoms with Gasteiger partial charge in [0.05, 0.1) is 0 Å². The number of alkyl halides is 2. The molecule has 1 unspecified atom stereocenters. The Labute approximate surface area is 107 Å². The van der Waals surface area contributed by atoms with E-state index in [2.05, 4.69) is 0 Å². The summed E-state index contributed by atoms with van der Waals surface area (Å²) >= 11 is 0. The molecule has 3 N–H and O–H groups in total. The van der Waals surface area contributed by atoms with E-state index < -0.39 is 42.6 Å². The quantitative estimate of drug-likeness (QED) is 0.479. The van der Waals surface area contributed by atoms with Crippen molar-refractivity contribution in [2.75, 3.05) is 6.54 Å². The average Bonchev–Trinajstić information content (AvgIpc) is 2.83. The highest BCUT2D eigenvalue weighted by Crippen LogP contribution is 2.22. The molecule has 1 rings (SSSR count). The zero-order valence-electron chi connectivity index (χ0n) is 9.88. The van der Waals surface area contributed by atoms with Crippen molar-refractivity contribution in [3.05, 3.63) is 0 Å². The Morgan fingerprint density at radius 1 is 1.37 bits per heavy atom. The number of nitrogens with zero attached hydrogens (tertiary/aromatic N) is 1. The van der Waals surface area contributed by atoms with Crippen molar-refractivity contribution in [2.24, 2.45) is 5.92 Å². The highest BCUT2D eigenvalue weighted by atomic mass is 19.3. The smallest absolute Gasteiger partial charge is 0.326 e. The molecular weight excluding hydrogens is 266 g/mol. The number of rotatable bonds is 5. The monoisotopic (exact) mass is 280 g/mol. The minimum atomic E-state index is -3.12. The summed E-state index contributed by atoms with van der Waals surface area (Å²) in [4.78, 5) is 34.6. The first-order chi connectivity index (χ1) is 8.88. The third kappa shape index (κ3) is 3.60. The SMILES string of the molecule is O=C(NO)C(CC(=O)N1CCC[C@H]1C(=O)O)C(F)F. The van der Waals surface area contributed by atoms with Crippen LogP contribution in [0.4, 0.5) is 8.78 Å². The van der Waals surface area contributed by atoms with Gasteiger partial charge in [-0.25, -0.2) is 19.1 Å². The second-order valence-electron chi connectivity index (χ2n) is 4.20. The van der Waals surface area contributed by atoms with E-state index in [1.807, 2.05) is 0 Å². The summed E-state index contributed by atoms with van der Waals surface area (Å²) in [5, 5.41) is 17.2. The molecule has 0 aromatic rings. The van der Waals surface area contributed by atoms with Crippen LogP contribution in [-0.2, 0) is 14.4 Å². The van der Waals surface area contributed by atoms with Gasteiger partial charge < -0.3 is 10.0 Å². The van der Waals surface area contributed by atoms with Gasteiger partial charge in [0.2, 0.25) is 5.91 Å². The van der Waals surface area contributed by atoms with Gasteiger partial charge in [0.15, 0.2) is 0 Å². The van der Waals surface area contributed by atoms with Gasteiger partial charge in [-0.1, -0.05) is 0 Å². The number of carbonyl (C=O) groups is 3. The number of nitrogens with one attached hydrogen (secondary N) is 1. The zero-order valence-corrected chi connectivity index (χ0v) is 9.88. The first kappa shape index (κ1) is 15.3. The molecule has 0 aromatic heterocycles. The number of carbonyl (C=O) groups excluding carboxylic acids is 2. The Morgan fingerprint density at radius 2 is 2.00 bits per heavy atom. The third-order valence-electron chi connectivity index (χ3n) is 3.00. The minimum absolute atomic E-state index is 0.159. The maximum Gasteiger partial charge on any atom is 0.326 e. The third-order valence-corrected chi connectivity index (χ3v) is 3.00. The molecular formula is C10H14F2N2O5. The Kier molecular flexibility index (Phi) is 5.16. The lowest BCUT2D eigenvalue weighted by Gasteiger charge is -2.23. The Balaban J connectivity index is 2.71. The second kappa shape index (κ2) is 6.41. The number of carboxylic acid groups (broad SMARTS) is 1. The Hall–Kier alpha value is -1.77. The van der Waals surface area contributed by atoms with Crippen LogP contribution < -0.4 is 5.48 Å². The van der Waals surface area contributed by atoms with Crippen LogP contribution in [0, 0.1) is 5.92 Å². The summed E-state index contributed by atoms with van der Waals surface area (Å²) in [6.07, 6.45) is -3.24. The summed E-state index contributed by atoms with van der Waals surface area (Å²) in [6, 6.07) is -1.04. The zero-order chi connectivity index (χ0) is 14.6. The molecule has 2 atom stereocenters. The Bertz CT molecular complexity index is 377. The fourth-order valence-electron chi connectivity index (χ4n) is 2.01. The van der Waals surface area contributed by atoms with Crippen molar-refractivity contribution < 1.29 is 33.5 Å². The minimum Gasteiger partial charge on any atom is -0.480 e. The highest BCUT2D eigenvalue weighted by Gasteiger charge is 2.38. The van der Waals surface area contributed by atoms with Crippen molar-refractivity contribution in [2.45, 2.75) is 31.7 Å². The van der Waals surface area contributed by atoms with Gasteiger partial charge in [-0.15, -0.1) is 0 Å². The number of likely N-dealkylation sites (tertiary alicyclic amines) is 1. The Morgan fingerprint density at radius 3 is 2.47 bits per heavy atom. The first-order valence-electron chi connectivity index (χ1n) is 5.62. The summed E-state index contributed by atoms with van der Waals surface area (Å²) in [5.74, 6) is -5.40. The largest absolute Gasteiger partial charge is 0.480 e. The topological polar surface area (TPSA) is 107 Å². The summed E-state index contributed by atoms with van der Waals surface area (Å²) < 4.78 is 25.2. The fourth-order valence-corrected chi connectivity index (χ4v) is 2.01. The molecule has 0 radical (unpaired) electrons. The van der Waals surface area contributed by atoms with Gasteiger partial charge in [-0.2, -0.15) is 0 Å². The lowest BCUT2D eigenvalue weighted by molar-refractivity contribution is -0.151. The summed E-state index contributed by atoms with van der Waals surface area (Å²) in [6.45, 7) is 0.159. The van der Waals surface area contributed by atoms with Crippen LogP contribution in [0.15, 0.2) is 0 Å². The van der Waals surface area contributed by atoms with E-state index in [9.17, 15) is 23.2 Å². The van der Waals surface area contributed by atoms with Crippen molar-refractivity contribution in [1.82, 2.24) is 10.4 Å². The van der Waals surface area contributed by atoms with E-state index in [1.54, 1.807) is 0 Å². The number of halogens is 2. The van der Waals surface area contributed by atoms with Crippen molar-refractivity contribution in [3.8, 4) is 0 Å². The van der Waals surface area contributed by atoms with Crippen LogP contribution in [0.5, 0.6) is 0 Å². The number of carboxylic acids is 1. The van der Waals surface area contributed by atoms with E-state index >= 15 is 0 Å². The van der Waals surface area contributed by atoms with E-state index in [1.165, 1.54) is 0 Å². The van der Waals surface area contributed by atoms with Gasteiger partial charge in [0, 0.05) is 13.0 Å². The highest BCUT2D eigenvalue weighted by molar-refractivity contribution is 5.88. The van der Waals surface area contributed by atoms with Crippen molar-refractivity contribution in [1.29, 1.82) is 0 Å². The first-order valence-corrected chi connectivity index (χ1v) is 5.62. The molecule has 1 fully saturated rings. The molecule has 7 nitrogen and oxygen atoms in total. The van der Waals surface area contributed by atoms with Crippen LogP contribution in [0.25, 0.3) is 0 Å². The predicted octanol–water partition coefficient (Wildman–Crippen LogP) is -0.161. The van der Waals surface area contributed by atoms with E-state index in [0.29, 0.717) is 6.42 Å². The van der Waals surface area contributed by atoms with Crippen LogP contribution in [-0.4, -0.2) is 52.0 Å². The molecule has 0 bridgehead atoms. The number of amides is 2. The van der Waals surface area contributed by atoms with Crippen LogP contribution in [0.3, 0.4) is 0 Å². The number of hydroxylamine groups is 1. The number of hydrogen-bond acceptors (Lipinski definition) is 4. The number of aliphatic carboxylic acids is 1. The lowest BCUT2D eigenvalue weighted by Crippen LogP contribution is -2.43. The number of hydrogen-bond donors (Lipinski definition) is 3. The maximum atomic E-state index is 12.6. The average molecular weight is 280 g/mol. The normalized spacial score (nSPS) is 20.4. The van der Waals surface area contributed by atoms with Gasteiger partial charge >= 0.3 is 5.97 Å². The van der Waals surface area contributed by atoms with Crippen molar-refractivity contribution in [3.63, 3.8) is 0 Å². The van der Waals surface area contributed by atoms with E-state index in [4.69, 9.17) is 10.3 Å². The summed E-state index contributed by atoms with van der Waals surface area (Å²) in [5.41, 5.74) is 1.07. The predicted molar refractivity (Wildman–Crippen MR) is 56.4 cm³/mol. The standard InChI is InChI=1S/C10H14F2N2O5/c11-8(12)5(9(16)13-19)4-7(15)14-3-1-2-6(14)10(17)18/h5-6,8,19H,1-4H2,(H,13,16)(H,17,18)/t5?,6-/m0/s1. The molecule has 1 aliphatic heterocycles. The van der Waals surface area contributed by atoms with Crippen LogP contribution in [0.2, 0.25) is 0 Å². The molecule has 1 saturated heterocycles. The molecule has 0 aliphatic carbocycles. The van der Waals surface area contributed by atoms with Gasteiger partial charge in [0.25, 0.3) is 12.3 Å². The van der Waals surface area contributed by atoms with Gasteiger partial charge in [-0.3, -0.25) is 14.8 Å². The van der Waals surface area contributed by atoms with Crippen LogP contribution >= 0.6 is 0 Å². The van der Waals surface area contributed by atoms with E-state index in [-0.39, 0.29) is 13.0 Å². The summed E-state index contributed by atoms with van der Waals surface area (Å²) in [7, 11) is 0. The molecule has 0 saturated carbocycles. The molecule has 0 spiro atoms. The molecule has 9 heteroatoms. The van der Waals surface area contributed by atoms with Crippen LogP contribution in [0.1, 0.15) is 19.3 Å². The fraction of sp³-hybridized carbons (Fsp3) is 0.700. The molecule has 0 aromatic carbocycles. The molecule has 108 valence electrons. The molecule has 2 amide bonds. The second-order valence-corrected chi connectivity index (χ2v) is 4.20. The maximum absolute atomic E-state index is 12.6.